The summed E-state index contributed by atoms with van der Waals surface area (Å²) in [4.78, 5) is 11.5. The third kappa shape index (κ3) is 1.86. The van der Waals surface area contributed by atoms with Crippen LogP contribution in [0.1, 0.15) is 26.7 Å². The van der Waals surface area contributed by atoms with Gasteiger partial charge in [-0.2, -0.15) is 10.4 Å². The van der Waals surface area contributed by atoms with E-state index in [2.05, 4.69) is 5.10 Å². The smallest absolute Gasteiger partial charge is 0.251 e. The van der Waals surface area contributed by atoms with Crippen molar-refractivity contribution in [1.29, 1.82) is 5.26 Å². The first-order chi connectivity index (χ1) is 6.20. The van der Waals surface area contributed by atoms with E-state index in [-0.39, 0.29) is 11.8 Å². The zero-order valence-electron chi connectivity index (χ0n) is 7.95. The van der Waals surface area contributed by atoms with Crippen LogP contribution in [-0.2, 0) is 4.79 Å². The van der Waals surface area contributed by atoms with Gasteiger partial charge in [-0.05, 0) is 13.3 Å². The molecule has 0 aromatic heterocycles. The standard InChI is InChI=1S/C9H13N3O/c1-3-8-7(2)9(13)12(11-8)6-4-5-10/h7H,3-4,6H2,1-2H3. The number of hydrogen-bond acceptors (Lipinski definition) is 3. The number of amides is 1. The number of rotatable bonds is 3. The molecule has 13 heavy (non-hydrogen) atoms. The van der Waals surface area contributed by atoms with Crippen LogP contribution < -0.4 is 0 Å². The van der Waals surface area contributed by atoms with Crippen molar-refractivity contribution in [2.24, 2.45) is 11.0 Å². The fraction of sp³-hybridized carbons (Fsp3) is 0.667. The molecule has 1 aliphatic heterocycles. The Hall–Kier alpha value is -1.37. The average Bonchev–Trinajstić information content (AvgIpc) is 2.41. The van der Waals surface area contributed by atoms with Crippen LogP contribution in [0.15, 0.2) is 5.10 Å². The van der Waals surface area contributed by atoms with Gasteiger partial charge in [0.2, 0.25) is 0 Å². The molecule has 1 atom stereocenters. The molecule has 1 heterocycles. The van der Waals surface area contributed by atoms with Gasteiger partial charge in [0, 0.05) is 0 Å². The number of hydrogen-bond donors (Lipinski definition) is 0. The van der Waals surface area contributed by atoms with Crippen LogP contribution in [0.25, 0.3) is 0 Å². The molecule has 1 amide bonds. The summed E-state index contributed by atoms with van der Waals surface area (Å²) < 4.78 is 0. The minimum Gasteiger partial charge on any atom is -0.272 e. The van der Waals surface area contributed by atoms with Gasteiger partial charge in [0.1, 0.15) is 0 Å². The van der Waals surface area contributed by atoms with E-state index in [1.54, 1.807) is 0 Å². The molecule has 0 aromatic rings. The van der Waals surface area contributed by atoms with E-state index in [0.29, 0.717) is 13.0 Å². The molecule has 0 saturated heterocycles. The molecule has 0 saturated carbocycles. The SMILES string of the molecule is CCC1=NN(CCC#N)C(=O)C1C. The molecule has 1 unspecified atom stereocenters. The summed E-state index contributed by atoms with van der Waals surface area (Å²) in [5.74, 6) is -0.0733. The summed E-state index contributed by atoms with van der Waals surface area (Å²) in [5.41, 5.74) is 0.919. The lowest BCUT2D eigenvalue weighted by Crippen LogP contribution is -2.26. The van der Waals surface area contributed by atoms with Crippen LogP contribution in [0.3, 0.4) is 0 Å². The molecule has 1 rings (SSSR count). The Balaban J connectivity index is 2.63. The van der Waals surface area contributed by atoms with Gasteiger partial charge in [0.15, 0.2) is 0 Å². The van der Waals surface area contributed by atoms with E-state index in [0.717, 1.165) is 12.1 Å². The van der Waals surface area contributed by atoms with E-state index in [1.807, 2.05) is 19.9 Å². The van der Waals surface area contributed by atoms with Crippen molar-refractivity contribution in [3.8, 4) is 6.07 Å². The van der Waals surface area contributed by atoms with E-state index in [9.17, 15) is 4.79 Å². The van der Waals surface area contributed by atoms with Crippen LogP contribution in [0.5, 0.6) is 0 Å². The molecule has 4 heteroatoms. The van der Waals surface area contributed by atoms with Crippen molar-refractivity contribution >= 4 is 11.6 Å². The Morgan fingerprint density at radius 3 is 2.85 bits per heavy atom. The fourth-order valence-electron chi connectivity index (χ4n) is 1.35. The largest absolute Gasteiger partial charge is 0.272 e. The zero-order valence-corrected chi connectivity index (χ0v) is 7.95. The number of nitriles is 1. The monoisotopic (exact) mass is 179 g/mol. The topological polar surface area (TPSA) is 56.5 Å². The molecular formula is C9H13N3O. The molecule has 0 fully saturated rings. The average molecular weight is 179 g/mol. The summed E-state index contributed by atoms with van der Waals surface area (Å²) in [7, 11) is 0. The van der Waals surface area contributed by atoms with Gasteiger partial charge in [-0.15, -0.1) is 0 Å². The Morgan fingerprint density at radius 1 is 1.69 bits per heavy atom. The minimum absolute atomic E-state index is 0.0205. The third-order valence-electron chi connectivity index (χ3n) is 2.17. The second-order valence-corrected chi connectivity index (χ2v) is 3.04. The Kier molecular flexibility index (Phi) is 3.02. The fourth-order valence-corrected chi connectivity index (χ4v) is 1.35. The van der Waals surface area contributed by atoms with E-state index >= 15 is 0 Å². The second kappa shape index (κ2) is 4.04. The summed E-state index contributed by atoms with van der Waals surface area (Å²) in [5, 5.41) is 13.9. The highest BCUT2D eigenvalue weighted by Gasteiger charge is 2.30. The first-order valence-electron chi connectivity index (χ1n) is 4.46. The maximum absolute atomic E-state index is 11.5. The number of hydrazone groups is 1. The van der Waals surface area contributed by atoms with Gasteiger partial charge in [-0.25, -0.2) is 5.01 Å². The zero-order chi connectivity index (χ0) is 9.84. The number of nitrogens with zero attached hydrogens (tertiary/aromatic N) is 3. The van der Waals surface area contributed by atoms with Gasteiger partial charge in [0.25, 0.3) is 5.91 Å². The molecule has 1 aliphatic rings. The molecule has 0 N–H and O–H groups in total. The van der Waals surface area contributed by atoms with Gasteiger partial charge < -0.3 is 0 Å². The third-order valence-corrected chi connectivity index (χ3v) is 2.17. The molecule has 0 aliphatic carbocycles. The first kappa shape index (κ1) is 9.72. The molecule has 0 aromatic carbocycles. The molecule has 4 nitrogen and oxygen atoms in total. The first-order valence-corrected chi connectivity index (χ1v) is 4.46. The highest BCUT2D eigenvalue weighted by Crippen LogP contribution is 2.16. The highest BCUT2D eigenvalue weighted by atomic mass is 16.2. The lowest BCUT2D eigenvalue weighted by molar-refractivity contribution is -0.131. The predicted octanol–water partition coefficient (Wildman–Crippen LogP) is 1.14. The summed E-state index contributed by atoms with van der Waals surface area (Å²) >= 11 is 0. The highest BCUT2D eigenvalue weighted by molar-refractivity contribution is 6.07. The van der Waals surface area contributed by atoms with Crippen molar-refractivity contribution in [1.82, 2.24) is 5.01 Å². The minimum atomic E-state index is -0.0938. The maximum atomic E-state index is 11.5. The van der Waals surface area contributed by atoms with Gasteiger partial charge in [0.05, 0.1) is 30.7 Å². The molecule has 0 spiro atoms. The van der Waals surface area contributed by atoms with Crippen LogP contribution in [0.4, 0.5) is 0 Å². The van der Waals surface area contributed by atoms with Crippen molar-refractivity contribution in [3.63, 3.8) is 0 Å². The Morgan fingerprint density at radius 2 is 2.38 bits per heavy atom. The molecular weight excluding hydrogens is 166 g/mol. The molecule has 70 valence electrons. The number of carbonyl (C=O) groups excluding carboxylic acids is 1. The summed E-state index contributed by atoms with van der Waals surface area (Å²) in [6.07, 6.45) is 1.15. The van der Waals surface area contributed by atoms with Crippen LogP contribution in [-0.4, -0.2) is 23.2 Å². The second-order valence-electron chi connectivity index (χ2n) is 3.04. The van der Waals surface area contributed by atoms with Crippen molar-refractivity contribution < 1.29 is 4.79 Å². The normalized spacial score (nSPS) is 21.6. The van der Waals surface area contributed by atoms with Crippen molar-refractivity contribution in [3.05, 3.63) is 0 Å². The quantitative estimate of drug-likeness (QED) is 0.652. The lowest BCUT2D eigenvalue weighted by atomic mass is 10.0. The van der Waals surface area contributed by atoms with Gasteiger partial charge in [-0.3, -0.25) is 4.79 Å². The van der Waals surface area contributed by atoms with Gasteiger partial charge in [-0.1, -0.05) is 6.92 Å². The van der Waals surface area contributed by atoms with E-state index < -0.39 is 0 Å². The predicted molar refractivity (Wildman–Crippen MR) is 48.8 cm³/mol. The Bertz CT molecular complexity index is 277. The van der Waals surface area contributed by atoms with E-state index in [4.69, 9.17) is 5.26 Å². The van der Waals surface area contributed by atoms with Crippen molar-refractivity contribution in [2.75, 3.05) is 6.54 Å². The van der Waals surface area contributed by atoms with Crippen LogP contribution >= 0.6 is 0 Å². The lowest BCUT2D eigenvalue weighted by Gasteiger charge is -2.09. The number of carbonyl (C=O) groups is 1. The summed E-state index contributed by atoms with van der Waals surface area (Å²) in [6, 6.07) is 2.00. The maximum Gasteiger partial charge on any atom is 0.251 e. The summed E-state index contributed by atoms with van der Waals surface area (Å²) in [6.45, 7) is 4.26. The van der Waals surface area contributed by atoms with Crippen LogP contribution in [0, 0.1) is 17.2 Å². The van der Waals surface area contributed by atoms with Gasteiger partial charge >= 0.3 is 0 Å². The van der Waals surface area contributed by atoms with Crippen molar-refractivity contribution in [2.45, 2.75) is 26.7 Å². The molecule has 0 bridgehead atoms. The van der Waals surface area contributed by atoms with Crippen LogP contribution in [0.2, 0.25) is 0 Å². The molecule has 0 radical (unpaired) electrons. The van der Waals surface area contributed by atoms with E-state index in [1.165, 1.54) is 5.01 Å². The Labute approximate surface area is 77.8 Å².